The predicted octanol–water partition coefficient (Wildman–Crippen LogP) is 0.876. The molecule has 3 atom stereocenters. The van der Waals surface area contributed by atoms with Gasteiger partial charge in [-0.3, -0.25) is 24.1 Å². The van der Waals surface area contributed by atoms with Crippen LogP contribution in [0.25, 0.3) is 0 Å². The summed E-state index contributed by atoms with van der Waals surface area (Å²) in [4.78, 5) is 64.7. The van der Waals surface area contributed by atoms with Crippen molar-refractivity contribution in [1.82, 2.24) is 35.7 Å². The number of aromatic nitrogens is 4. The second-order valence-electron chi connectivity index (χ2n) is 9.76. The fourth-order valence-electron chi connectivity index (χ4n) is 4.69. The number of thioether (sulfide) groups is 2. The van der Waals surface area contributed by atoms with Gasteiger partial charge in [-0.1, -0.05) is 42.1 Å². The molecule has 17 heteroatoms. The Morgan fingerprint density at radius 3 is 2.55 bits per heavy atom. The summed E-state index contributed by atoms with van der Waals surface area (Å²) in [5, 5.41) is 39.2. The van der Waals surface area contributed by atoms with Crippen LogP contribution in [0.2, 0.25) is 0 Å². The van der Waals surface area contributed by atoms with E-state index >= 15 is 0 Å². The SMILES string of the molecule is CC(=O)Nc1ccc(C(=O)N[C@H](C(=O)NC2C(=O)N3C(C(=O)O)=C(CSc4nnnn4C)CS[C@@H]23)c2ccccc2)c(O)c1. The number of carbonyl (C=O) groups excluding carboxylic acids is 4. The van der Waals surface area contributed by atoms with Crippen molar-refractivity contribution in [3.05, 3.63) is 70.9 Å². The van der Waals surface area contributed by atoms with E-state index in [-0.39, 0.29) is 28.6 Å². The van der Waals surface area contributed by atoms with E-state index in [0.29, 0.717) is 22.0 Å². The number of carboxylic acids is 1. The normalized spacial score (nSPS) is 18.1. The molecule has 5 rings (SSSR count). The lowest BCUT2D eigenvalue weighted by Gasteiger charge is -2.49. The Bertz CT molecular complexity index is 1680. The largest absolute Gasteiger partial charge is 0.507 e. The molecule has 2 aromatic carbocycles. The number of aromatic hydroxyl groups is 1. The van der Waals surface area contributed by atoms with Crippen LogP contribution < -0.4 is 16.0 Å². The molecule has 3 aromatic rings. The number of amides is 4. The van der Waals surface area contributed by atoms with Crippen molar-refractivity contribution in [3.63, 3.8) is 0 Å². The molecule has 44 heavy (non-hydrogen) atoms. The summed E-state index contributed by atoms with van der Waals surface area (Å²) in [7, 11) is 1.66. The van der Waals surface area contributed by atoms with E-state index in [9.17, 15) is 34.2 Å². The highest BCUT2D eigenvalue weighted by molar-refractivity contribution is 8.01. The van der Waals surface area contributed by atoms with E-state index < -0.39 is 46.9 Å². The van der Waals surface area contributed by atoms with Crippen LogP contribution in [0.15, 0.2) is 65.0 Å². The minimum absolute atomic E-state index is 0.139. The highest BCUT2D eigenvalue weighted by atomic mass is 32.2. The van der Waals surface area contributed by atoms with Crippen molar-refractivity contribution in [2.75, 3.05) is 16.8 Å². The van der Waals surface area contributed by atoms with Gasteiger partial charge in [-0.25, -0.2) is 9.48 Å². The monoisotopic (exact) mass is 638 g/mol. The van der Waals surface area contributed by atoms with E-state index in [4.69, 9.17) is 0 Å². The van der Waals surface area contributed by atoms with Crippen molar-refractivity contribution in [2.24, 2.45) is 7.05 Å². The fraction of sp³-hybridized carbons (Fsp3) is 0.259. The number of nitrogens with one attached hydrogen (secondary N) is 3. The zero-order valence-electron chi connectivity index (χ0n) is 23.3. The molecule has 228 valence electrons. The molecule has 3 heterocycles. The molecule has 15 nitrogen and oxygen atoms in total. The maximum atomic E-state index is 13.6. The number of carbonyl (C=O) groups is 5. The Morgan fingerprint density at radius 1 is 1.16 bits per heavy atom. The molecule has 2 aliphatic heterocycles. The fourth-order valence-corrected chi connectivity index (χ4v) is 7.02. The molecule has 0 bridgehead atoms. The first kappa shape index (κ1) is 30.6. The van der Waals surface area contributed by atoms with Crippen molar-refractivity contribution < 1.29 is 34.2 Å². The number of nitrogens with zero attached hydrogens (tertiary/aromatic N) is 5. The Labute approximate surface area is 258 Å². The molecule has 0 saturated carbocycles. The summed E-state index contributed by atoms with van der Waals surface area (Å²) in [6, 6.07) is 9.98. The average Bonchev–Trinajstić information content (AvgIpc) is 3.41. The van der Waals surface area contributed by atoms with Gasteiger partial charge in [0.2, 0.25) is 17.0 Å². The van der Waals surface area contributed by atoms with Gasteiger partial charge in [0.25, 0.3) is 11.8 Å². The summed E-state index contributed by atoms with van der Waals surface area (Å²) >= 11 is 2.55. The highest BCUT2D eigenvalue weighted by Gasteiger charge is 2.54. The molecule has 5 N–H and O–H groups in total. The molecule has 0 spiro atoms. The first-order chi connectivity index (χ1) is 21.0. The third-order valence-corrected chi connectivity index (χ3v) is 9.17. The average molecular weight is 639 g/mol. The van der Waals surface area contributed by atoms with Crippen molar-refractivity contribution >= 4 is 58.8 Å². The van der Waals surface area contributed by atoms with Gasteiger partial charge in [0.05, 0.1) is 5.56 Å². The number of anilines is 1. The number of rotatable bonds is 10. The number of fused-ring (bicyclic) bond motifs is 1. The number of hydrogen-bond acceptors (Lipinski definition) is 11. The maximum absolute atomic E-state index is 13.6. The first-order valence-electron chi connectivity index (χ1n) is 13.1. The third kappa shape index (κ3) is 6.23. The first-order valence-corrected chi connectivity index (χ1v) is 15.1. The van der Waals surface area contributed by atoms with Gasteiger partial charge in [0, 0.05) is 37.2 Å². The maximum Gasteiger partial charge on any atom is 0.352 e. The summed E-state index contributed by atoms with van der Waals surface area (Å²) < 4.78 is 1.45. The standard InChI is InChI=1S/C27H26N8O7S2/c1-13(36)28-16-8-9-17(18(37)10-16)22(38)29-19(14-6-4-3-5-7-14)23(39)30-20-24(40)35-21(26(41)42)15(11-43-25(20)35)12-44-27-31-32-33-34(27)2/h3-10,19-20,25,37H,11-12H2,1-2H3,(H,28,36)(H,29,38)(H,30,39)(H,41,42)/t19-,20?,25-/m0/s1. The van der Waals surface area contributed by atoms with Gasteiger partial charge >= 0.3 is 5.97 Å². The second kappa shape index (κ2) is 12.8. The quantitative estimate of drug-likeness (QED) is 0.155. The van der Waals surface area contributed by atoms with E-state index in [0.717, 1.165) is 4.90 Å². The molecule has 1 fully saturated rings. The lowest BCUT2D eigenvalue weighted by Crippen LogP contribution is -2.71. The van der Waals surface area contributed by atoms with Gasteiger partial charge in [0.15, 0.2) is 0 Å². The number of aliphatic carboxylic acids is 1. The third-order valence-electron chi connectivity index (χ3n) is 6.74. The van der Waals surface area contributed by atoms with Crippen LogP contribution in [-0.4, -0.2) is 87.8 Å². The van der Waals surface area contributed by atoms with Crippen LogP contribution in [0.1, 0.15) is 28.9 Å². The Morgan fingerprint density at radius 2 is 1.91 bits per heavy atom. The van der Waals surface area contributed by atoms with E-state index in [1.54, 1.807) is 37.4 Å². The topological polar surface area (TPSA) is 209 Å². The van der Waals surface area contributed by atoms with Crippen LogP contribution in [0.3, 0.4) is 0 Å². The van der Waals surface area contributed by atoms with Crippen molar-refractivity contribution in [1.29, 1.82) is 0 Å². The molecular formula is C27H26N8O7S2. The predicted molar refractivity (Wildman–Crippen MR) is 158 cm³/mol. The number of phenols is 1. The molecule has 1 aromatic heterocycles. The van der Waals surface area contributed by atoms with Gasteiger partial charge in [-0.2, -0.15) is 0 Å². The van der Waals surface area contributed by atoms with Gasteiger partial charge < -0.3 is 26.2 Å². The molecular weight excluding hydrogens is 612 g/mol. The molecule has 0 aliphatic carbocycles. The molecule has 1 saturated heterocycles. The van der Waals surface area contributed by atoms with Gasteiger partial charge in [-0.15, -0.1) is 16.9 Å². The number of benzene rings is 2. The van der Waals surface area contributed by atoms with Crippen LogP contribution in [0.4, 0.5) is 5.69 Å². The molecule has 2 aliphatic rings. The highest BCUT2D eigenvalue weighted by Crippen LogP contribution is 2.41. The number of hydrogen-bond donors (Lipinski definition) is 5. The van der Waals surface area contributed by atoms with E-state index in [1.807, 2.05) is 0 Å². The van der Waals surface area contributed by atoms with E-state index in [1.165, 1.54) is 53.3 Å². The molecule has 1 unspecified atom stereocenters. The number of tetrazole rings is 1. The van der Waals surface area contributed by atoms with Crippen LogP contribution in [-0.2, 0) is 26.2 Å². The summed E-state index contributed by atoms with van der Waals surface area (Å²) in [5.74, 6) is -3.56. The number of aryl methyl sites for hydroxylation is 1. The summed E-state index contributed by atoms with van der Waals surface area (Å²) in [5.41, 5.74) is 0.933. The molecule has 4 amide bonds. The number of phenolic OH excluding ortho intramolecular Hbond substituents is 1. The zero-order chi connectivity index (χ0) is 31.5. The lowest BCUT2D eigenvalue weighted by molar-refractivity contribution is -0.151. The number of β-lactam (4-membered cyclic amide) rings is 1. The minimum atomic E-state index is -1.26. The molecule has 0 radical (unpaired) electrons. The smallest absolute Gasteiger partial charge is 0.352 e. The van der Waals surface area contributed by atoms with Crippen LogP contribution >= 0.6 is 23.5 Å². The minimum Gasteiger partial charge on any atom is -0.507 e. The second-order valence-corrected chi connectivity index (χ2v) is 11.8. The lowest BCUT2D eigenvalue weighted by atomic mass is 10.0. The van der Waals surface area contributed by atoms with E-state index in [2.05, 4.69) is 31.5 Å². The van der Waals surface area contributed by atoms with Crippen LogP contribution in [0.5, 0.6) is 5.75 Å². The number of carboxylic acid groups (broad SMARTS) is 1. The zero-order valence-corrected chi connectivity index (χ0v) is 24.9. The van der Waals surface area contributed by atoms with Crippen molar-refractivity contribution in [2.45, 2.75) is 29.5 Å². The van der Waals surface area contributed by atoms with Crippen molar-refractivity contribution in [3.8, 4) is 5.75 Å². The van der Waals surface area contributed by atoms with Gasteiger partial charge in [0.1, 0.15) is 28.9 Å². The summed E-state index contributed by atoms with van der Waals surface area (Å²) in [6.45, 7) is 1.30. The Balaban J connectivity index is 1.32. The van der Waals surface area contributed by atoms with Gasteiger partial charge in [-0.05, 0) is 33.7 Å². The summed E-state index contributed by atoms with van der Waals surface area (Å²) in [6.07, 6.45) is 0. The Kier molecular flexibility index (Phi) is 8.86. The Hall–Kier alpha value is -4.90. The van der Waals surface area contributed by atoms with Crippen LogP contribution in [0, 0.1) is 0 Å².